The van der Waals surface area contributed by atoms with Gasteiger partial charge in [-0.15, -0.1) is 11.3 Å². The Morgan fingerprint density at radius 2 is 1.97 bits per heavy atom. The number of thiophene rings is 1. The molecule has 6 heteroatoms. The van der Waals surface area contributed by atoms with E-state index in [9.17, 15) is 0 Å². The van der Waals surface area contributed by atoms with Crippen molar-refractivity contribution < 1.29 is 4.74 Å². The van der Waals surface area contributed by atoms with Crippen LogP contribution in [0.5, 0.6) is 5.75 Å². The predicted molar refractivity (Wildman–Crippen MR) is 124 cm³/mol. The molecular formula is C23H21N3OS2. The topological polar surface area (TPSA) is 38.9 Å². The second kappa shape index (κ2) is 8.59. The molecule has 0 bridgehead atoms. The lowest BCUT2D eigenvalue weighted by Crippen LogP contribution is -2.12. The number of aromatic nitrogens is 1. The van der Waals surface area contributed by atoms with Gasteiger partial charge < -0.3 is 4.74 Å². The van der Waals surface area contributed by atoms with E-state index in [1.54, 1.807) is 29.8 Å². The van der Waals surface area contributed by atoms with Gasteiger partial charge in [0.2, 0.25) is 4.80 Å². The molecule has 2 aromatic heterocycles. The summed E-state index contributed by atoms with van der Waals surface area (Å²) in [6, 6.07) is 14.6. The first-order valence-corrected chi connectivity index (χ1v) is 11.0. The third-order valence-electron chi connectivity index (χ3n) is 4.38. The summed E-state index contributed by atoms with van der Waals surface area (Å²) >= 11 is 3.24. The second-order valence-electron chi connectivity index (χ2n) is 6.72. The average Bonchev–Trinajstić information content (AvgIpc) is 3.39. The zero-order chi connectivity index (χ0) is 20.2. The van der Waals surface area contributed by atoms with E-state index in [4.69, 9.17) is 14.8 Å². The van der Waals surface area contributed by atoms with Crippen molar-refractivity contribution >= 4 is 39.7 Å². The van der Waals surface area contributed by atoms with Crippen LogP contribution in [0.2, 0.25) is 0 Å². The van der Waals surface area contributed by atoms with Crippen molar-refractivity contribution in [3.05, 3.63) is 81.1 Å². The van der Waals surface area contributed by atoms with Crippen molar-refractivity contribution in [1.29, 1.82) is 0 Å². The number of rotatable bonds is 6. The Hall–Kier alpha value is -2.96. The van der Waals surface area contributed by atoms with Gasteiger partial charge in [0.25, 0.3) is 0 Å². The molecule has 4 rings (SSSR count). The van der Waals surface area contributed by atoms with E-state index in [-0.39, 0.29) is 0 Å². The summed E-state index contributed by atoms with van der Waals surface area (Å²) < 4.78 is 7.25. The van der Waals surface area contributed by atoms with Gasteiger partial charge in [0.15, 0.2) is 0 Å². The Balaban J connectivity index is 1.81. The Morgan fingerprint density at radius 1 is 1.14 bits per heavy atom. The predicted octanol–water partition coefficient (Wildman–Crippen LogP) is 5.80. The molecule has 0 N–H and O–H groups in total. The van der Waals surface area contributed by atoms with Gasteiger partial charge >= 0.3 is 0 Å². The molecule has 0 atom stereocenters. The van der Waals surface area contributed by atoms with Crippen LogP contribution in [0.25, 0.3) is 22.0 Å². The van der Waals surface area contributed by atoms with Crippen molar-refractivity contribution in [2.75, 3.05) is 13.7 Å². The maximum absolute atomic E-state index is 5.33. The largest absolute Gasteiger partial charge is 0.497 e. The summed E-state index contributed by atoms with van der Waals surface area (Å²) in [4.78, 5) is 5.54. The zero-order valence-corrected chi connectivity index (χ0v) is 18.0. The molecule has 0 aliphatic heterocycles. The van der Waals surface area contributed by atoms with Crippen LogP contribution in [0.3, 0.4) is 0 Å². The molecule has 0 fully saturated rings. The van der Waals surface area contributed by atoms with E-state index in [0.29, 0.717) is 6.54 Å². The summed E-state index contributed by atoms with van der Waals surface area (Å²) in [6.45, 7) is 6.52. The molecule has 0 unspecified atom stereocenters. The average molecular weight is 420 g/mol. The monoisotopic (exact) mass is 419 g/mol. The van der Waals surface area contributed by atoms with E-state index >= 15 is 0 Å². The fourth-order valence-corrected chi connectivity index (χ4v) is 4.35. The molecule has 29 heavy (non-hydrogen) atoms. The maximum atomic E-state index is 5.33. The highest BCUT2D eigenvalue weighted by molar-refractivity contribution is 7.08. The van der Waals surface area contributed by atoms with Crippen LogP contribution < -0.4 is 9.54 Å². The van der Waals surface area contributed by atoms with E-state index in [1.807, 2.05) is 35.3 Å². The zero-order valence-electron chi connectivity index (χ0n) is 16.3. The smallest absolute Gasteiger partial charge is 0.206 e. The van der Waals surface area contributed by atoms with Gasteiger partial charge in [-0.05, 0) is 52.7 Å². The number of fused-ring (bicyclic) bond motifs is 1. The van der Waals surface area contributed by atoms with E-state index < -0.39 is 0 Å². The highest BCUT2D eigenvalue weighted by atomic mass is 32.1. The molecule has 0 spiro atoms. The van der Waals surface area contributed by atoms with Crippen molar-refractivity contribution in [2.24, 2.45) is 10.1 Å². The Bertz CT molecular complexity index is 1250. The van der Waals surface area contributed by atoms with Gasteiger partial charge in [-0.1, -0.05) is 30.4 Å². The number of thiazole rings is 1. The normalized spacial score (nSPS) is 12.1. The van der Waals surface area contributed by atoms with Crippen molar-refractivity contribution in [2.45, 2.75) is 6.92 Å². The number of nitrogens with zero attached hydrogens (tertiary/aromatic N) is 3. The number of hydrogen-bond donors (Lipinski definition) is 0. The Labute approximate surface area is 177 Å². The van der Waals surface area contributed by atoms with Crippen LogP contribution in [-0.4, -0.2) is 24.5 Å². The Kier molecular flexibility index (Phi) is 5.74. The lowest BCUT2D eigenvalue weighted by molar-refractivity contribution is 0.415. The third kappa shape index (κ3) is 4.39. The minimum Gasteiger partial charge on any atom is -0.497 e. The van der Waals surface area contributed by atoms with Gasteiger partial charge in [0.05, 0.1) is 25.6 Å². The molecule has 4 nitrogen and oxygen atoms in total. The molecule has 0 amide bonds. The first kappa shape index (κ1) is 19.4. The number of methoxy groups -OCH3 is 1. The van der Waals surface area contributed by atoms with Crippen LogP contribution in [0.4, 0.5) is 0 Å². The van der Waals surface area contributed by atoms with E-state index in [2.05, 4.69) is 47.7 Å². The van der Waals surface area contributed by atoms with E-state index in [1.165, 1.54) is 0 Å². The second-order valence-corrected chi connectivity index (χ2v) is 8.33. The SMILES string of the molecule is C=C(C)CN=c1scc(-c2ccc3cc(OC)ccc3c2)n1N=Cc1ccsc1. The molecule has 0 aliphatic carbocycles. The van der Waals surface area contributed by atoms with Crippen LogP contribution in [0.1, 0.15) is 12.5 Å². The minimum atomic E-state index is 0.589. The molecule has 0 aliphatic rings. The van der Waals surface area contributed by atoms with Gasteiger partial charge in [0.1, 0.15) is 5.75 Å². The lowest BCUT2D eigenvalue weighted by atomic mass is 10.1. The van der Waals surface area contributed by atoms with Gasteiger partial charge in [-0.25, -0.2) is 4.68 Å². The van der Waals surface area contributed by atoms with E-state index in [0.717, 1.165) is 43.7 Å². The minimum absolute atomic E-state index is 0.589. The number of benzene rings is 2. The standard InChI is InChI=1S/C23H21N3OS2/c1-16(2)12-24-23-26(25-13-17-8-9-28-14-17)22(15-29-23)20-5-4-19-11-21(27-3)7-6-18(19)10-20/h4-11,13-15H,1,12H2,2-3H3. The molecule has 0 saturated heterocycles. The molecule has 0 saturated carbocycles. The van der Waals surface area contributed by atoms with Crippen molar-refractivity contribution in [3.63, 3.8) is 0 Å². The summed E-state index contributed by atoms with van der Waals surface area (Å²) in [5.41, 5.74) is 4.21. The summed E-state index contributed by atoms with van der Waals surface area (Å²) in [6.07, 6.45) is 1.87. The Morgan fingerprint density at radius 3 is 2.72 bits per heavy atom. The molecule has 146 valence electrons. The highest BCUT2D eigenvalue weighted by Gasteiger charge is 2.09. The van der Waals surface area contributed by atoms with Crippen LogP contribution in [0, 0.1) is 0 Å². The van der Waals surface area contributed by atoms with Crippen molar-refractivity contribution in [1.82, 2.24) is 4.68 Å². The van der Waals surface area contributed by atoms with Crippen LogP contribution in [0.15, 0.2) is 80.9 Å². The van der Waals surface area contributed by atoms with Gasteiger partial charge in [-0.2, -0.15) is 16.4 Å². The lowest BCUT2D eigenvalue weighted by Gasteiger charge is -2.07. The molecule has 0 radical (unpaired) electrons. The fourth-order valence-electron chi connectivity index (χ4n) is 2.90. The number of hydrogen-bond acceptors (Lipinski definition) is 5. The van der Waals surface area contributed by atoms with Crippen LogP contribution in [-0.2, 0) is 0 Å². The maximum Gasteiger partial charge on any atom is 0.206 e. The van der Waals surface area contributed by atoms with Crippen molar-refractivity contribution in [3.8, 4) is 17.0 Å². The fraction of sp³-hybridized carbons (Fsp3) is 0.130. The summed E-state index contributed by atoms with van der Waals surface area (Å²) in [7, 11) is 1.69. The summed E-state index contributed by atoms with van der Waals surface area (Å²) in [5, 5.41) is 13.3. The molecular weight excluding hydrogens is 398 g/mol. The quantitative estimate of drug-likeness (QED) is 0.288. The summed E-state index contributed by atoms with van der Waals surface area (Å²) in [5.74, 6) is 0.858. The molecule has 2 aromatic carbocycles. The third-order valence-corrected chi connectivity index (χ3v) is 5.93. The van der Waals surface area contributed by atoms with Crippen LogP contribution >= 0.6 is 22.7 Å². The first-order chi connectivity index (χ1) is 14.1. The molecule has 4 aromatic rings. The first-order valence-electron chi connectivity index (χ1n) is 9.14. The van der Waals surface area contributed by atoms with Gasteiger partial charge in [0, 0.05) is 16.5 Å². The highest BCUT2D eigenvalue weighted by Crippen LogP contribution is 2.27. The van der Waals surface area contributed by atoms with Gasteiger partial charge in [-0.3, -0.25) is 4.99 Å². The number of ether oxygens (including phenoxy) is 1. The molecule has 2 heterocycles.